The Labute approximate surface area is 49.6 Å². The van der Waals surface area contributed by atoms with Crippen LogP contribution in [0.15, 0.2) is 0 Å². The van der Waals surface area contributed by atoms with Crippen LogP contribution in [0.2, 0.25) is 0 Å². The molecule has 0 aromatic heterocycles. The normalized spacial score (nSPS) is 39.8. The molecule has 0 saturated carbocycles. The van der Waals surface area contributed by atoms with Gasteiger partial charge in [-0.2, -0.15) is 0 Å². The first-order valence-electron chi connectivity index (χ1n) is 2.95. The van der Waals surface area contributed by atoms with Crippen LogP contribution in [-0.2, 0) is 0 Å². The van der Waals surface area contributed by atoms with E-state index in [0.717, 1.165) is 19.6 Å². The summed E-state index contributed by atoms with van der Waals surface area (Å²) in [5.41, 5.74) is 5.52. The lowest BCUT2D eigenvalue weighted by Crippen LogP contribution is -2.62. The minimum absolute atomic E-state index is 0.182. The van der Waals surface area contributed by atoms with Crippen LogP contribution in [0, 0.1) is 0 Å². The molecule has 0 radical (unpaired) electrons. The fraction of sp³-hybridized carbons (Fsp3) is 1.00. The van der Waals surface area contributed by atoms with Crippen molar-refractivity contribution >= 4 is 0 Å². The van der Waals surface area contributed by atoms with E-state index in [1.54, 1.807) is 0 Å². The molecule has 3 heteroatoms. The average Bonchev–Trinajstić information content (AvgIpc) is 1.65. The summed E-state index contributed by atoms with van der Waals surface area (Å²) < 4.78 is 0. The third-order valence-corrected chi connectivity index (χ3v) is 1.32. The molecule has 1 saturated heterocycles. The molecule has 0 aromatic rings. The molecule has 8 heavy (non-hydrogen) atoms. The Balaban J connectivity index is 2.33. The van der Waals surface area contributed by atoms with Crippen LogP contribution in [0.1, 0.15) is 6.92 Å². The zero-order valence-electron chi connectivity index (χ0n) is 5.20. The van der Waals surface area contributed by atoms with E-state index in [1.165, 1.54) is 0 Å². The second-order valence-electron chi connectivity index (χ2n) is 2.52. The summed E-state index contributed by atoms with van der Waals surface area (Å²) in [5.74, 6) is 0. The molecule has 0 amide bonds. The van der Waals surface area contributed by atoms with E-state index in [2.05, 4.69) is 10.6 Å². The van der Waals surface area contributed by atoms with Gasteiger partial charge in [0.25, 0.3) is 0 Å². The number of nitrogens with two attached hydrogens (primary N) is 1. The van der Waals surface area contributed by atoms with Crippen LogP contribution in [0.4, 0.5) is 0 Å². The maximum Gasteiger partial charge on any atom is 0.0761 e. The smallest absolute Gasteiger partial charge is 0.0761 e. The van der Waals surface area contributed by atoms with Gasteiger partial charge in [-0.25, -0.2) is 0 Å². The molecule has 1 unspecified atom stereocenters. The Kier molecular flexibility index (Phi) is 1.51. The highest BCUT2D eigenvalue weighted by Crippen LogP contribution is 1.92. The summed E-state index contributed by atoms with van der Waals surface area (Å²) >= 11 is 0. The van der Waals surface area contributed by atoms with Gasteiger partial charge in [0.2, 0.25) is 0 Å². The van der Waals surface area contributed by atoms with Crippen LogP contribution in [0.25, 0.3) is 0 Å². The second-order valence-corrected chi connectivity index (χ2v) is 2.52. The first-order chi connectivity index (χ1) is 3.71. The Morgan fingerprint density at radius 1 is 1.50 bits per heavy atom. The minimum Gasteiger partial charge on any atom is -0.312 e. The topological polar surface area (TPSA) is 50.1 Å². The number of nitrogens with one attached hydrogen (secondary N) is 2. The SMILES string of the molecule is CC1(N)CNCCN1. The van der Waals surface area contributed by atoms with E-state index in [0.29, 0.717) is 0 Å². The summed E-state index contributed by atoms with van der Waals surface area (Å²) in [4.78, 5) is 0. The molecule has 1 aliphatic heterocycles. The Hall–Kier alpha value is -0.120. The Morgan fingerprint density at radius 2 is 2.25 bits per heavy atom. The summed E-state index contributed by atoms with van der Waals surface area (Å²) in [5, 5.41) is 6.36. The van der Waals surface area contributed by atoms with Crippen LogP contribution in [0.5, 0.6) is 0 Å². The lowest BCUT2D eigenvalue weighted by molar-refractivity contribution is 0.306. The third kappa shape index (κ3) is 1.43. The molecule has 1 fully saturated rings. The fourth-order valence-corrected chi connectivity index (χ4v) is 0.847. The van der Waals surface area contributed by atoms with Crippen molar-refractivity contribution in [1.29, 1.82) is 0 Å². The third-order valence-electron chi connectivity index (χ3n) is 1.32. The molecule has 48 valence electrons. The quantitative estimate of drug-likeness (QED) is 0.374. The predicted octanol–water partition coefficient (Wildman–Crippen LogP) is -1.15. The highest BCUT2D eigenvalue weighted by molar-refractivity contribution is 4.82. The fourth-order valence-electron chi connectivity index (χ4n) is 0.847. The van der Waals surface area contributed by atoms with E-state index >= 15 is 0 Å². The van der Waals surface area contributed by atoms with Crippen LogP contribution in [0.3, 0.4) is 0 Å². The minimum atomic E-state index is -0.182. The summed E-state index contributed by atoms with van der Waals surface area (Å²) in [6.45, 7) is 4.87. The van der Waals surface area contributed by atoms with Crippen molar-refractivity contribution < 1.29 is 0 Å². The molecular weight excluding hydrogens is 102 g/mol. The number of piperazine rings is 1. The second kappa shape index (κ2) is 2.01. The highest BCUT2D eigenvalue weighted by atomic mass is 15.2. The van der Waals surface area contributed by atoms with Gasteiger partial charge in [-0.15, -0.1) is 0 Å². The van der Waals surface area contributed by atoms with Crippen LogP contribution in [-0.4, -0.2) is 25.3 Å². The maximum absolute atomic E-state index is 5.70. The van der Waals surface area contributed by atoms with Gasteiger partial charge in [0.15, 0.2) is 0 Å². The van der Waals surface area contributed by atoms with Gasteiger partial charge in [0.1, 0.15) is 0 Å². The van der Waals surface area contributed by atoms with Gasteiger partial charge in [-0.1, -0.05) is 0 Å². The average molecular weight is 115 g/mol. The van der Waals surface area contributed by atoms with Crippen molar-refractivity contribution in [3.63, 3.8) is 0 Å². The van der Waals surface area contributed by atoms with Crippen LogP contribution >= 0.6 is 0 Å². The van der Waals surface area contributed by atoms with Crippen molar-refractivity contribution in [2.75, 3.05) is 19.6 Å². The summed E-state index contributed by atoms with van der Waals surface area (Å²) in [7, 11) is 0. The zero-order valence-corrected chi connectivity index (χ0v) is 5.20. The van der Waals surface area contributed by atoms with Gasteiger partial charge in [-0.05, 0) is 6.92 Å². The molecular formula is C5H13N3. The van der Waals surface area contributed by atoms with Crippen molar-refractivity contribution in [1.82, 2.24) is 10.6 Å². The van der Waals surface area contributed by atoms with Crippen molar-refractivity contribution in [2.45, 2.75) is 12.6 Å². The van der Waals surface area contributed by atoms with Gasteiger partial charge in [0, 0.05) is 19.6 Å². The predicted molar refractivity (Wildman–Crippen MR) is 33.5 cm³/mol. The molecule has 1 rings (SSSR count). The number of rotatable bonds is 0. The van der Waals surface area contributed by atoms with Crippen molar-refractivity contribution in [2.24, 2.45) is 5.73 Å². The first-order valence-corrected chi connectivity index (χ1v) is 2.95. The molecule has 1 atom stereocenters. The van der Waals surface area contributed by atoms with E-state index in [1.807, 2.05) is 6.92 Å². The van der Waals surface area contributed by atoms with E-state index in [4.69, 9.17) is 5.73 Å². The molecule has 1 aliphatic rings. The molecule has 0 aromatic carbocycles. The highest BCUT2D eigenvalue weighted by Gasteiger charge is 2.19. The first kappa shape index (κ1) is 6.01. The molecule has 0 spiro atoms. The molecule has 0 bridgehead atoms. The molecule has 0 aliphatic carbocycles. The lowest BCUT2D eigenvalue weighted by Gasteiger charge is -2.31. The lowest BCUT2D eigenvalue weighted by atomic mass is 10.2. The zero-order chi connectivity index (χ0) is 6.04. The monoisotopic (exact) mass is 115 g/mol. The summed E-state index contributed by atoms with van der Waals surface area (Å²) in [6.07, 6.45) is 0. The van der Waals surface area contributed by atoms with E-state index in [-0.39, 0.29) is 5.66 Å². The Bertz CT molecular complexity index is 71.7. The van der Waals surface area contributed by atoms with Gasteiger partial charge >= 0.3 is 0 Å². The Morgan fingerprint density at radius 3 is 2.50 bits per heavy atom. The molecule has 3 nitrogen and oxygen atoms in total. The number of hydrogen-bond acceptors (Lipinski definition) is 3. The number of hydrogen-bond donors (Lipinski definition) is 3. The van der Waals surface area contributed by atoms with Crippen LogP contribution < -0.4 is 16.4 Å². The molecule has 1 heterocycles. The largest absolute Gasteiger partial charge is 0.312 e. The standard InChI is InChI=1S/C5H13N3/c1-5(6)4-7-2-3-8-5/h7-8H,2-4,6H2,1H3. The van der Waals surface area contributed by atoms with E-state index < -0.39 is 0 Å². The molecule has 4 N–H and O–H groups in total. The van der Waals surface area contributed by atoms with Crippen molar-refractivity contribution in [3.05, 3.63) is 0 Å². The van der Waals surface area contributed by atoms with E-state index in [9.17, 15) is 0 Å². The van der Waals surface area contributed by atoms with Gasteiger partial charge < -0.3 is 11.1 Å². The summed E-state index contributed by atoms with van der Waals surface area (Å²) in [6, 6.07) is 0. The van der Waals surface area contributed by atoms with Gasteiger partial charge in [0.05, 0.1) is 5.66 Å². The van der Waals surface area contributed by atoms with Gasteiger partial charge in [-0.3, -0.25) is 5.32 Å². The van der Waals surface area contributed by atoms with Crippen molar-refractivity contribution in [3.8, 4) is 0 Å². The maximum atomic E-state index is 5.70.